The lowest BCUT2D eigenvalue weighted by Crippen LogP contribution is -2.45. The molecule has 172 valence electrons. The first-order valence-corrected chi connectivity index (χ1v) is 11.7. The van der Waals surface area contributed by atoms with Crippen molar-refractivity contribution in [3.05, 3.63) is 47.7 Å². The van der Waals surface area contributed by atoms with Crippen LogP contribution in [-0.2, 0) is 14.3 Å². The fourth-order valence-corrected chi connectivity index (χ4v) is 4.57. The maximum absolute atomic E-state index is 13.0. The molecule has 0 spiro atoms. The lowest BCUT2D eigenvalue weighted by Gasteiger charge is -2.39. The van der Waals surface area contributed by atoms with E-state index in [-0.39, 0.29) is 12.5 Å². The zero-order chi connectivity index (χ0) is 23.3. The van der Waals surface area contributed by atoms with Crippen LogP contribution in [0.15, 0.2) is 47.1 Å². The molecule has 2 heterocycles. The number of carbonyl (C=O) groups excluding carboxylic acids is 2. The van der Waals surface area contributed by atoms with E-state index in [1.54, 1.807) is 18.9 Å². The minimum atomic E-state index is -0.654. The molecule has 0 N–H and O–H groups in total. The predicted octanol–water partition coefficient (Wildman–Crippen LogP) is 4.50. The summed E-state index contributed by atoms with van der Waals surface area (Å²) in [5.41, 5.74) is 1.60. The molecule has 2 aliphatic rings. The van der Waals surface area contributed by atoms with Gasteiger partial charge in [0.2, 0.25) is 5.91 Å². The SMILES string of the molecule is C=CCOC(=O)C1=C(C)N=C2SCCC(=O)N2[C@H]1c1ccc(OCCC(C)C)c(OC)c1. The van der Waals surface area contributed by atoms with Gasteiger partial charge in [0, 0.05) is 12.2 Å². The van der Waals surface area contributed by atoms with Crippen LogP contribution < -0.4 is 9.47 Å². The number of nitrogens with zero attached hydrogens (tertiary/aromatic N) is 2. The molecule has 32 heavy (non-hydrogen) atoms. The molecule has 1 aromatic rings. The van der Waals surface area contributed by atoms with Gasteiger partial charge in [-0.05, 0) is 37.0 Å². The average Bonchev–Trinajstić information content (AvgIpc) is 2.76. The van der Waals surface area contributed by atoms with Gasteiger partial charge < -0.3 is 14.2 Å². The molecule has 0 saturated carbocycles. The van der Waals surface area contributed by atoms with Gasteiger partial charge in [-0.15, -0.1) is 0 Å². The van der Waals surface area contributed by atoms with Gasteiger partial charge >= 0.3 is 5.97 Å². The Bertz CT molecular complexity index is 954. The molecular weight excluding hydrogens is 428 g/mol. The van der Waals surface area contributed by atoms with Crippen molar-refractivity contribution in [2.45, 2.75) is 39.7 Å². The Morgan fingerprint density at radius 2 is 2.16 bits per heavy atom. The minimum absolute atomic E-state index is 0.0769. The first-order chi connectivity index (χ1) is 15.4. The fraction of sp³-hybridized carbons (Fsp3) is 0.458. The third-order valence-corrected chi connectivity index (χ3v) is 6.17. The normalized spacial score (nSPS) is 18.3. The standard InChI is InChI=1S/C24H30N2O5S/c1-6-11-31-23(28)21-16(4)25-24-26(20(27)10-13-32-24)22(21)17-7-8-18(19(14-17)29-5)30-12-9-15(2)3/h6-8,14-15,22H,1,9-13H2,2-5H3/t22-/m0/s1. The van der Waals surface area contributed by atoms with Crippen LogP contribution in [0, 0.1) is 5.92 Å². The van der Waals surface area contributed by atoms with Crippen molar-refractivity contribution < 1.29 is 23.8 Å². The molecule has 0 unspecified atom stereocenters. The first kappa shape index (κ1) is 23.9. The van der Waals surface area contributed by atoms with E-state index in [1.807, 2.05) is 18.2 Å². The lowest BCUT2D eigenvalue weighted by atomic mass is 9.93. The van der Waals surface area contributed by atoms with Crippen LogP contribution in [0.5, 0.6) is 11.5 Å². The summed E-state index contributed by atoms with van der Waals surface area (Å²) in [5, 5.41) is 0.597. The van der Waals surface area contributed by atoms with Crippen molar-refractivity contribution in [3.8, 4) is 11.5 Å². The molecule has 1 atom stereocenters. The molecule has 1 amide bonds. The molecule has 0 aliphatic carbocycles. The molecule has 0 bridgehead atoms. The predicted molar refractivity (Wildman–Crippen MR) is 126 cm³/mol. The number of hydrogen-bond acceptors (Lipinski definition) is 7. The van der Waals surface area contributed by atoms with Gasteiger partial charge in [-0.2, -0.15) is 0 Å². The highest BCUT2D eigenvalue weighted by Crippen LogP contribution is 2.42. The van der Waals surface area contributed by atoms with Crippen LogP contribution in [0.4, 0.5) is 0 Å². The second-order valence-corrected chi connectivity index (χ2v) is 9.05. The van der Waals surface area contributed by atoms with E-state index < -0.39 is 12.0 Å². The summed E-state index contributed by atoms with van der Waals surface area (Å²) in [6.45, 7) is 10.3. The Kier molecular flexibility index (Phi) is 8.01. The number of amidine groups is 1. The van der Waals surface area contributed by atoms with Gasteiger partial charge in [0.05, 0.1) is 31.0 Å². The summed E-state index contributed by atoms with van der Waals surface area (Å²) in [7, 11) is 1.57. The minimum Gasteiger partial charge on any atom is -0.493 e. The molecule has 8 heteroatoms. The lowest BCUT2D eigenvalue weighted by molar-refractivity contribution is -0.139. The number of fused-ring (bicyclic) bond motifs is 1. The second-order valence-electron chi connectivity index (χ2n) is 7.99. The van der Waals surface area contributed by atoms with Crippen LogP contribution in [-0.4, -0.2) is 48.0 Å². The van der Waals surface area contributed by atoms with Crippen molar-refractivity contribution in [2.24, 2.45) is 10.9 Å². The van der Waals surface area contributed by atoms with Crippen LogP contribution in [0.1, 0.15) is 45.2 Å². The number of carbonyl (C=O) groups is 2. The van der Waals surface area contributed by atoms with E-state index in [0.717, 1.165) is 12.0 Å². The number of hydrogen-bond donors (Lipinski definition) is 0. The number of allylic oxidation sites excluding steroid dienone is 1. The molecule has 1 aromatic carbocycles. The van der Waals surface area contributed by atoms with Crippen molar-refractivity contribution in [2.75, 3.05) is 26.1 Å². The van der Waals surface area contributed by atoms with Gasteiger partial charge in [-0.1, -0.05) is 44.3 Å². The van der Waals surface area contributed by atoms with E-state index in [9.17, 15) is 9.59 Å². The smallest absolute Gasteiger partial charge is 0.338 e. The number of ether oxygens (including phenoxy) is 3. The van der Waals surface area contributed by atoms with E-state index in [1.165, 1.54) is 17.8 Å². The molecular formula is C24H30N2O5S. The van der Waals surface area contributed by atoms with E-state index in [4.69, 9.17) is 14.2 Å². The maximum Gasteiger partial charge on any atom is 0.338 e. The zero-order valence-corrected chi connectivity index (χ0v) is 19.9. The van der Waals surface area contributed by atoms with Gasteiger partial charge in [-0.3, -0.25) is 9.69 Å². The highest BCUT2D eigenvalue weighted by molar-refractivity contribution is 8.14. The number of methoxy groups -OCH3 is 1. The number of esters is 1. The summed E-state index contributed by atoms with van der Waals surface area (Å²) in [6, 6.07) is 4.85. The Labute approximate surface area is 193 Å². The number of thioether (sulfide) groups is 1. The molecule has 1 saturated heterocycles. The van der Waals surface area contributed by atoms with E-state index in [0.29, 0.717) is 52.6 Å². The van der Waals surface area contributed by atoms with Gasteiger partial charge in [0.15, 0.2) is 16.7 Å². The maximum atomic E-state index is 13.0. The van der Waals surface area contributed by atoms with E-state index in [2.05, 4.69) is 25.4 Å². The molecule has 2 aliphatic heterocycles. The Morgan fingerprint density at radius 1 is 1.38 bits per heavy atom. The van der Waals surface area contributed by atoms with Crippen molar-refractivity contribution in [1.82, 2.24) is 4.90 Å². The molecule has 0 aromatic heterocycles. The van der Waals surface area contributed by atoms with Crippen molar-refractivity contribution in [1.29, 1.82) is 0 Å². The van der Waals surface area contributed by atoms with E-state index >= 15 is 0 Å². The number of amides is 1. The molecule has 1 fully saturated rings. The molecule has 0 radical (unpaired) electrons. The Balaban J connectivity index is 2.02. The fourth-order valence-electron chi connectivity index (χ4n) is 3.56. The van der Waals surface area contributed by atoms with Gasteiger partial charge in [0.1, 0.15) is 6.61 Å². The average molecular weight is 459 g/mol. The Morgan fingerprint density at radius 3 is 2.84 bits per heavy atom. The van der Waals surface area contributed by atoms with Gasteiger partial charge in [-0.25, -0.2) is 9.79 Å². The zero-order valence-electron chi connectivity index (χ0n) is 19.1. The second kappa shape index (κ2) is 10.7. The quantitative estimate of drug-likeness (QED) is 0.401. The first-order valence-electron chi connectivity index (χ1n) is 10.7. The van der Waals surface area contributed by atoms with Crippen LogP contribution in [0.3, 0.4) is 0 Å². The van der Waals surface area contributed by atoms with Crippen LogP contribution in [0.2, 0.25) is 0 Å². The molecule has 7 nitrogen and oxygen atoms in total. The highest BCUT2D eigenvalue weighted by atomic mass is 32.2. The van der Waals surface area contributed by atoms with Crippen molar-refractivity contribution in [3.63, 3.8) is 0 Å². The summed E-state index contributed by atoms with van der Waals surface area (Å²) in [5.74, 6) is 1.76. The largest absolute Gasteiger partial charge is 0.493 e. The Hall–Kier alpha value is -2.74. The third kappa shape index (κ3) is 5.18. The number of aliphatic imine (C=N–C) groups is 1. The topological polar surface area (TPSA) is 77.4 Å². The summed E-state index contributed by atoms with van der Waals surface area (Å²) >= 11 is 1.51. The number of benzene rings is 1. The van der Waals surface area contributed by atoms with Crippen molar-refractivity contribution >= 4 is 28.8 Å². The monoisotopic (exact) mass is 458 g/mol. The van der Waals surface area contributed by atoms with Gasteiger partial charge in [0.25, 0.3) is 0 Å². The summed E-state index contributed by atoms with van der Waals surface area (Å²) in [6.07, 6.45) is 2.81. The van der Waals surface area contributed by atoms with Crippen LogP contribution in [0.25, 0.3) is 0 Å². The highest BCUT2D eigenvalue weighted by Gasteiger charge is 2.41. The molecule has 3 rings (SSSR count). The third-order valence-electron chi connectivity index (χ3n) is 5.22. The summed E-state index contributed by atoms with van der Waals surface area (Å²) < 4.78 is 16.8. The summed E-state index contributed by atoms with van der Waals surface area (Å²) in [4.78, 5) is 32.0. The number of rotatable bonds is 9. The van der Waals surface area contributed by atoms with Crippen LogP contribution >= 0.6 is 11.8 Å².